The Morgan fingerprint density at radius 1 is 1.21 bits per heavy atom. The fraction of sp³-hybridized carbons (Fsp3) is 0.562. The van der Waals surface area contributed by atoms with Crippen molar-refractivity contribution in [3.05, 3.63) is 30.3 Å². The van der Waals surface area contributed by atoms with E-state index >= 15 is 0 Å². The number of piperidine rings is 1. The molecule has 0 N–H and O–H groups in total. The van der Waals surface area contributed by atoms with E-state index in [1.807, 2.05) is 18.0 Å². The van der Waals surface area contributed by atoms with Crippen molar-refractivity contribution in [3.63, 3.8) is 0 Å². The zero-order valence-electron chi connectivity index (χ0n) is 11.6. The third-order valence-electron chi connectivity index (χ3n) is 4.34. The Kier molecular flexibility index (Phi) is 3.45. The normalized spacial score (nSPS) is 23.2. The second-order valence-corrected chi connectivity index (χ2v) is 5.80. The Morgan fingerprint density at radius 2 is 1.95 bits per heavy atom. The number of rotatable bonds is 3. The molecule has 1 saturated carbocycles. The molecule has 1 aromatic carbocycles. The van der Waals surface area contributed by atoms with Gasteiger partial charge in [0.2, 0.25) is 5.91 Å². The van der Waals surface area contributed by atoms with Crippen LogP contribution in [-0.4, -0.2) is 37.0 Å². The lowest BCUT2D eigenvalue weighted by Crippen LogP contribution is -2.49. The molecule has 3 heteroatoms. The van der Waals surface area contributed by atoms with Crippen molar-refractivity contribution < 1.29 is 4.79 Å². The highest BCUT2D eigenvalue weighted by Gasteiger charge is 2.35. The van der Waals surface area contributed by atoms with E-state index in [0.29, 0.717) is 17.9 Å². The molecule has 1 aliphatic carbocycles. The molecule has 102 valence electrons. The van der Waals surface area contributed by atoms with Gasteiger partial charge in [-0.1, -0.05) is 18.2 Å². The summed E-state index contributed by atoms with van der Waals surface area (Å²) >= 11 is 0. The van der Waals surface area contributed by atoms with E-state index < -0.39 is 0 Å². The standard InChI is InChI=1S/C16H22N2O/c1-17(16(19)13-9-10-13)15-8-5-11-18(12-15)14-6-3-2-4-7-14/h2-4,6-7,13,15H,5,8-12H2,1H3. The van der Waals surface area contributed by atoms with Crippen LogP contribution < -0.4 is 4.90 Å². The SMILES string of the molecule is CN(C(=O)C1CC1)C1CCCN(c2ccccc2)C1. The van der Waals surface area contributed by atoms with Gasteiger partial charge in [0, 0.05) is 37.8 Å². The van der Waals surface area contributed by atoms with Gasteiger partial charge in [-0.05, 0) is 37.8 Å². The fourth-order valence-corrected chi connectivity index (χ4v) is 2.94. The van der Waals surface area contributed by atoms with Gasteiger partial charge in [-0.25, -0.2) is 0 Å². The van der Waals surface area contributed by atoms with Crippen LogP contribution in [0, 0.1) is 5.92 Å². The van der Waals surface area contributed by atoms with Crippen molar-refractivity contribution in [1.29, 1.82) is 0 Å². The minimum Gasteiger partial charge on any atom is -0.369 e. The highest BCUT2D eigenvalue weighted by molar-refractivity contribution is 5.81. The molecular weight excluding hydrogens is 236 g/mol. The van der Waals surface area contributed by atoms with Crippen LogP contribution in [0.1, 0.15) is 25.7 Å². The Labute approximate surface area is 115 Å². The van der Waals surface area contributed by atoms with Crippen molar-refractivity contribution in [2.24, 2.45) is 5.92 Å². The quantitative estimate of drug-likeness (QED) is 0.831. The van der Waals surface area contributed by atoms with Crippen LogP contribution in [0.3, 0.4) is 0 Å². The number of likely N-dealkylation sites (N-methyl/N-ethyl adjacent to an activating group) is 1. The molecule has 19 heavy (non-hydrogen) atoms. The van der Waals surface area contributed by atoms with E-state index in [-0.39, 0.29) is 0 Å². The summed E-state index contributed by atoms with van der Waals surface area (Å²) in [6, 6.07) is 10.9. The molecule has 2 fully saturated rings. The first kappa shape index (κ1) is 12.5. The average Bonchev–Trinajstić information content (AvgIpc) is 3.31. The number of nitrogens with zero attached hydrogens (tertiary/aromatic N) is 2. The van der Waals surface area contributed by atoms with Crippen molar-refractivity contribution >= 4 is 11.6 Å². The molecule has 3 rings (SSSR count). The van der Waals surface area contributed by atoms with Crippen LogP contribution in [0.25, 0.3) is 0 Å². The number of para-hydroxylation sites is 1. The molecule has 0 aromatic heterocycles. The molecule has 0 bridgehead atoms. The van der Waals surface area contributed by atoms with Crippen LogP contribution in [0.2, 0.25) is 0 Å². The van der Waals surface area contributed by atoms with E-state index in [9.17, 15) is 4.79 Å². The summed E-state index contributed by atoms with van der Waals surface area (Å²) in [6.07, 6.45) is 4.50. The van der Waals surface area contributed by atoms with Crippen LogP contribution in [0.4, 0.5) is 5.69 Å². The number of benzene rings is 1. The van der Waals surface area contributed by atoms with Gasteiger partial charge in [-0.15, -0.1) is 0 Å². The third-order valence-corrected chi connectivity index (χ3v) is 4.34. The monoisotopic (exact) mass is 258 g/mol. The van der Waals surface area contributed by atoms with E-state index in [2.05, 4.69) is 29.2 Å². The molecule has 1 atom stereocenters. The van der Waals surface area contributed by atoms with Crippen LogP contribution in [-0.2, 0) is 4.79 Å². The molecule has 2 aliphatic rings. The second-order valence-electron chi connectivity index (χ2n) is 5.80. The number of anilines is 1. The van der Waals surface area contributed by atoms with E-state index in [1.165, 1.54) is 12.1 Å². The molecule has 1 heterocycles. The molecule has 1 unspecified atom stereocenters. The van der Waals surface area contributed by atoms with Crippen molar-refractivity contribution in [2.45, 2.75) is 31.7 Å². The van der Waals surface area contributed by atoms with E-state index in [0.717, 1.165) is 32.4 Å². The third kappa shape index (κ3) is 2.75. The molecular formula is C16H22N2O. The number of hydrogen-bond acceptors (Lipinski definition) is 2. The van der Waals surface area contributed by atoms with E-state index in [1.54, 1.807) is 0 Å². The predicted octanol–water partition coefficient (Wildman–Crippen LogP) is 2.52. The number of amides is 1. The predicted molar refractivity (Wildman–Crippen MR) is 77.2 cm³/mol. The summed E-state index contributed by atoms with van der Waals surface area (Å²) in [4.78, 5) is 16.6. The fourth-order valence-electron chi connectivity index (χ4n) is 2.94. The van der Waals surface area contributed by atoms with Gasteiger partial charge in [0.05, 0.1) is 0 Å². The lowest BCUT2D eigenvalue weighted by atomic mass is 10.0. The minimum atomic E-state index is 0.331. The van der Waals surface area contributed by atoms with Gasteiger partial charge in [-0.3, -0.25) is 4.79 Å². The lowest BCUT2D eigenvalue weighted by molar-refractivity contribution is -0.133. The summed E-state index contributed by atoms with van der Waals surface area (Å²) in [6.45, 7) is 2.07. The first-order chi connectivity index (χ1) is 9.25. The summed E-state index contributed by atoms with van der Waals surface area (Å²) in [5, 5.41) is 0. The maximum atomic E-state index is 12.2. The summed E-state index contributed by atoms with van der Waals surface area (Å²) in [5.74, 6) is 0.692. The van der Waals surface area contributed by atoms with Gasteiger partial charge in [-0.2, -0.15) is 0 Å². The minimum absolute atomic E-state index is 0.331. The number of carbonyl (C=O) groups is 1. The summed E-state index contributed by atoms with van der Waals surface area (Å²) < 4.78 is 0. The van der Waals surface area contributed by atoms with E-state index in [4.69, 9.17) is 0 Å². The highest BCUT2D eigenvalue weighted by atomic mass is 16.2. The smallest absolute Gasteiger partial charge is 0.225 e. The maximum absolute atomic E-state index is 12.2. The Bertz CT molecular complexity index is 441. The zero-order chi connectivity index (χ0) is 13.2. The van der Waals surface area contributed by atoms with Gasteiger partial charge >= 0.3 is 0 Å². The van der Waals surface area contributed by atoms with Crippen LogP contribution in [0.15, 0.2) is 30.3 Å². The Balaban J connectivity index is 1.66. The molecule has 1 saturated heterocycles. The first-order valence-electron chi connectivity index (χ1n) is 7.32. The molecule has 1 aliphatic heterocycles. The van der Waals surface area contributed by atoms with Gasteiger partial charge < -0.3 is 9.80 Å². The zero-order valence-corrected chi connectivity index (χ0v) is 11.6. The number of carbonyl (C=O) groups excluding carboxylic acids is 1. The molecule has 1 amide bonds. The molecule has 0 radical (unpaired) electrons. The molecule has 3 nitrogen and oxygen atoms in total. The summed E-state index contributed by atoms with van der Waals surface area (Å²) in [7, 11) is 1.99. The summed E-state index contributed by atoms with van der Waals surface area (Å²) in [5.41, 5.74) is 1.28. The molecule has 1 aromatic rings. The largest absolute Gasteiger partial charge is 0.369 e. The lowest BCUT2D eigenvalue weighted by Gasteiger charge is -2.39. The Hall–Kier alpha value is -1.51. The van der Waals surface area contributed by atoms with Gasteiger partial charge in [0.25, 0.3) is 0 Å². The number of hydrogen-bond donors (Lipinski definition) is 0. The van der Waals surface area contributed by atoms with Gasteiger partial charge in [0.15, 0.2) is 0 Å². The highest BCUT2D eigenvalue weighted by Crippen LogP contribution is 2.32. The van der Waals surface area contributed by atoms with Crippen molar-refractivity contribution in [1.82, 2.24) is 4.90 Å². The first-order valence-corrected chi connectivity index (χ1v) is 7.32. The molecule has 0 spiro atoms. The van der Waals surface area contributed by atoms with Crippen molar-refractivity contribution in [2.75, 3.05) is 25.0 Å². The Morgan fingerprint density at radius 3 is 2.63 bits per heavy atom. The topological polar surface area (TPSA) is 23.6 Å². The van der Waals surface area contributed by atoms with Crippen molar-refractivity contribution in [3.8, 4) is 0 Å². The van der Waals surface area contributed by atoms with Crippen LogP contribution >= 0.6 is 0 Å². The average molecular weight is 258 g/mol. The van der Waals surface area contributed by atoms with Gasteiger partial charge in [0.1, 0.15) is 0 Å². The second kappa shape index (κ2) is 5.24. The maximum Gasteiger partial charge on any atom is 0.225 e. The van der Waals surface area contributed by atoms with Crippen LogP contribution in [0.5, 0.6) is 0 Å².